The number of nitrogens with zero attached hydrogens (tertiary/aromatic N) is 2. The van der Waals surface area contributed by atoms with Gasteiger partial charge in [0.2, 0.25) is 0 Å². The maximum atomic E-state index is 3.34. The van der Waals surface area contributed by atoms with Crippen molar-refractivity contribution < 1.29 is 0 Å². The van der Waals surface area contributed by atoms with Crippen molar-refractivity contribution in [3.63, 3.8) is 0 Å². The highest BCUT2D eigenvalue weighted by molar-refractivity contribution is 4.89. The average Bonchev–Trinajstić information content (AvgIpc) is 2.57. The van der Waals surface area contributed by atoms with Gasteiger partial charge in [-0.2, -0.15) is 0 Å². The van der Waals surface area contributed by atoms with Crippen LogP contribution in [-0.2, 0) is 0 Å². The molecular formula is C16H33N3. The van der Waals surface area contributed by atoms with Gasteiger partial charge in [-0.3, -0.25) is 4.90 Å². The summed E-state index contributed by atoms with van der Waals surface area (Å²) in [4.78, 5) is 5.44. The molecule has 3 nitrogen and oxygen atoms in total. The zero-order chi connectivity index (χ0) is 13.7. The van der Waals surface area contributed by atoms with E-state index in [-0.39, 0.29) is 0 Å². The molecule has 3 heteroatoms. The molecule has 2 fully saturated rings. The molecule has 1 N–H and O–H groups in total. The maximum absolute atomic E-state index is 3.34. The Morgan fingerprint density at radius 2 is 1.84 bits per heavy atom. The van der Waals surface area contributed by atoms with Gasteiger partial charge in [-0.1, -0.05) is 19.3 Å². The molecule has 2 atom stereocenters. The van der Waals surface area contributed by atoms with Gasteiger partial charge in [-0.15, -0.1) is 0 Å². The Balaban J connectivity index is 2.06. The quantitative estimate of drug-likeness (QED) is 0.843. The molecule has 1 saturated carbocycles. The number of rotatable bonds is 4. The Morgan fingerprint density at radius 3 is 2.53 bits per heavy atom. The van der Waals surface area contributed by atoms with Crippen LogP contribution in [0.4, 0.5) is 0 Å². The molecule has 1 heterocycles. The van der Waals surface area contributed by atoms with E-state index in [9.17, 15) is 0 Å². The van der Waals surface area contributed by atoms with Crippen LogP contribution in [-0.4, -0.2) is 61.7 Å². The van der Waals surface area contributed by atoms with E-state index in [4.69, 9.17) is 0 Å². The third-order valence-electron chi connectivity index (χ3n) is 5.11. The SMILES string of the molecule is CNCCC1CN(C)CCC(C)N1C1CCCCC1. The molecule has 0 bridgehead atoms. The van der Waals surface area contributed by atoms with Crippen LogP contribution in [0.5, 0.6) is 0 Å². The van der Waals surface area contributed by atoms with Crippen molar-refractivity contribution in [3.05, 3.63) is 0 Å². The molecule has 2 rings (SSSR count). The van der Waals surface area contributed by atoms with Crippen LogP contribution in [0.15, 0.2) is 0 Å². The van der Waals surface area contributed by atoms with Gasteiger partial charge in [0, 0.05) is 24.7 Å². The van der Waals surface area contributed by atoms with Crippen LogP contribution >= 0.6 is 0 Å². The first-order valence-corrected chi connectivity index (χ1v) is 8.33. The van der Waals surface area contributed by atoms with Crippen molar-refractivity contribution >= 4 is 0 Å². The second-order valence-corrected chi connectivity index (χ2v) is 6.69. The van der Waals surface area contributed by atoms with Gasteiger partial charge >= 0.3 is 0 Å². The summed E-state index contributed by atoms with van der Waals surface area (Å²) in [6.07, 6.45) is 9.85. The van der Waals surface area contributed by atoms with Crippen molar-refractivity contribution in [2.45, 2.75) is 70.0 Å². The van der Waals surface area contributed by atoms with E-state index in [0.717, 1.165) is 24.7 Å². The summed E-state index contributed by atoms with van der Waals surface area (Å²) >= 11 is 0. The van der Waals surface area contributed by atoms with Gasteiger partial charge in [0.1, 0.15) is 0 Å². The van der Waals surface area contributed by atoms with E-state index in [0.29, 0.717) is 0 Å². The van der Waals surface area contributed by atoms with Gasteiger partial charge in [0.05, 0.1) is 0 Å². The Kier molecular flexibility index (Phi) is 6.11. The molecule has 1 aliphatic carbocycles. The molecule has 0 amide bonds. The summed E-state index contributed by atoms with van der Waals surface area (Å²) in [7, 11) is 4.37. The largest absolute Gasteiger partial charge is 0.320 e. The molecule has 2 aliphatic rings. The molecule has 0 radical (unpaired) electrons. The molecule has 19 heavy (non-hydrogen) atoms. The number of likely N-dealkylation sites (N-methyl/N-ethyl adjacent to an activating group) is 1. The van der Waals surface area contributed by atoms with Crippen molar-refractivity contribution in [2.75, 3.05) is 33.7 Å². The molecule has 1 aliphatic heterocycles. The van der Waals surface area contributed by atoms with Gasteiger partial charge in [-0.25, -0.2) is 0 Å². The zero-order valence-electron chi connectivity index (χ0n) is 13.2. The lowest BCUT2D eigenvalue weighted by molar-refractivity contribution is 0.0621. The lowest BCUT2D eigenvalue weighted by Gasteiger charge is -2.43. The van der Waals surface area contributed by atoms with Crippen LogP contribution in [0.25, 0.3) is 0 Å². The number of hydrogen-bond acceptors (Lipinski definition) is 3. The fourth-order valence-electron chi connectivity index (χ4n) is 4.05. The smallest absolute Gasteiger partial charge is 0.0240 e. The van der Waals surface area contributed by atoms with Gasteiger partial charge in [-0.05, 0) is 59.8 Å². The lowest BCUT2D eigenvalue weighted by Crippen LogP contribution is -2.51. The summed E-state index contributed by atoms with van der Waals surface area (Å²) in [5.41, 5.74) is 0. The Labute approximate surface area is 119 Å². The standard InChI is InChI=1S/C16H33N3/c1-14-10-12-18(3)13-16(9-11-17-2)19(14)15-7-5-4-6-8-15/h14-17H,4-13H2,1-3H3. The fraction of sp³-hybridized carbons (Fsp3) is 1.00. The van der Waals surface area contributed by atoms with E-state index < -0.39 is 0 Å². The molecule has 0 aromatic rings. The van der Waals surface area contributed by atoms with E-state index in [2.05, 4.69) is 36.1 Å². The minimum atomic E-state index is 0.748. The second kappa shape index (κ2) is 7.61. The third-order valence-corrected chi connectivity index (χ3v) is 5.11. The van der Waals surface area contributed by atoms with Gasteiger partial charge in [0.25, 0.3) is 0 Å². The Bertz CT molecular complexity index is 250. The second-order valence-electron chi connectivity index (χ2n) is 6.69. The molecule has 0 aromatic heterocycles. The highest BCUT2D eigenvalue weighted by Crippen LogP contribution is 2.29. The van der Waals surface area contributed by atoms with Crippen molar-refractivity contribution in [2.24, 2.45) is 0 Å². The van der Waals surface area contributed by atoms with E-state index in [1.54, 1.807) is 0 Å². The summed E-state index contributed by atoms with van der Waals surface area (Å²) in [6.45, 7) is 6.12. The van der Waals surface area contributed by atoms with Gasteiger partial charge < -0.3 is 10.2 Å². The van der Waals surface area contributed by atoms with Crippen molar-refractivity contribution in [1.29, 1.82) is 0 Å². The molecular weight excluding hydrogens is 234 g/mol. The van der Waals surface area contributed by atoms with Gasteiger partial charge in [0.15, 0.2) is 0 Å². The highest BCUT2D eigenvalue weighted by atomic mass is 15.3. The summed E-state index contributed by atoms with van der Waals surface area (Å²) in [5, 5.41) is 3.34. The Morgan fingerprint density at radius 1 is 1.11 bits per heavy atom. The average molecular weight is 267 g/mol. The van der Waals surface area contributed by atoms with E-state index in [1.165, 1.54) is 58.0 Å². The molecule has 112 valence electrons. The van der Waals surface area contributed by atoms with Crippen LogP contribution < -0.4 is 5.32 Å². The highest BCUT2D eigenvalue weighted by Gasteiger charge is 2.33. The monoisotopic (exact) mass is 267 g/mol. The predicted molar refractivity (Wildman–Crippen MR) is 82.6 cm³/mol. The normalized spacial score (nSPS) is 32.4. The van der Waals surface area contributed by atoms with Crippen molar-refractivity contribution in [3.8, 4) is 0 Å². The third kappa shape index (κ3) is 4.17. The fourth-order valence-corrected chi connectivity index (χ4v) is 4.05. The zero-order valence-corrected chi connectivity index (χ0v) is 13.2. The van der Waals surface area contributed by atoms with Crippen LogP contribution in [0.2, 0.25) is 0 Å². The first-order valence-electron chi connectivity index (χ1n) is 8.33. The van der Waals surface area contributed by atoms with E-state index in [1.807, 2.05) is 0 Å². The number of nitrogens with one attached hydrogen (secondary N) is 1. The van der Waals surface area contributed by atoms with E-state index >= 15 is 0 Å². The van der Waals surface area contributed by atoms with Crippen LogP contribution in [0.3, 0.4) is 0 Å². The predicted octanol–water partition coefficient (Wildman–Crippen LogP) is 2.32. The summed E-state index contributed by atoms with van der Waals surface area (Å²) < 4.78 is 0. The first-order chi connectivity index (χ1) is 9.22. The Hall–Kier alpha value is -0.120. The maximum Gasteiger partial charge on any atom is 0.0240 e. The summed E-state index contributed by atoms with van der Waals surface area (Å²) in [6, 6.07) is 2.37. The molecule has 2 unspecified atom stereocenters. The molecule has 0 aromatic carbocycles. The van der Waals surface area contributed by atoms with Crippen molar-refractivity contribution in [1.82, 2.24) is 15.1 Å². The number of hydrogen-bond donors (Lipinski definition) is 1. The molecule has 1 saturated heterocycles. The summed E-state index contributed by atoms with van der Waals surface area (Å²) in [5.74, 6) is 0. The first kappa shape index (κ1) is 15.3. The minimum absolute atomic E-state index is 0.748. The van der Waals surface area contributed by atoms with Crippen LogP contribution in [0, 0.1) is 0 Å². The topological polar surface area (TPSA) is 18.5 Å². The molecule has 0 spiro atoms. The minimum Gasteiger partial charge on any atom is -0.320 e. The lowest BCUT2D eigenvalue weighted by atomic mass is 9.91. The van der Waals surface area contributed by atoms with Crippen LogP contribution in [0.1, 0.15) is 51.9 Å².